The zero-order valence-corrected chi connectivity index (χ0v) is 5.81. The average molecular weight is 167 g/mol. The van der Waals surface area contributed by atoms with Crippen LogP contribution in [0.3, 0.4) is 0 Å². The van der Waals surface area contributed by atoms with Gasteiger partial charge < -0.3 is 20.4 Å². The van der Waals surface area contributed by atoms with Crippen molar-refractivity contribution in [3.8, 4) is 29.1 Å². The van der Waals surface area contributed by atoms with Crippen LogP contribution in [0.25, 0.3) is 0 Å². The molecular weight excluding hydrogens is 162 g/mol. The summed E-state index contributed by atoms with van der Waals surface area (Å²) in [6.45, 7) is 0. The molecule has 4 N–H and O–H groups in total. The third kappa shape index (κ3) is 0.953. The summed E-state index contributed by atoms with van der Waals surface area (Å²) in [7, 11) is 0. The Morgan fingerprint density at radius 1 is 1.00 bits per heavy atom. The molecule has 1 rings (SSSR count). The number of rotatable bonds is 0. The number of nitriles is 1. The Bertz CT molecular complexity index is 367. The van der Waals surface area contributed by atoms with Gasteiger partial charge >= 0.3 is 0 Å². The molecule has 0 spiro atoms. The molecule has 0 aliphatic heterocycles. The molecule has 0 amide bonds. The summed E-state index contributed by atoms with van der Waals surface area (Å²) < 4.78 is 0. The fourth-order valence-electron chi connectivity index (χ4n) is 0.720. The number of aromatic hydroxyl groups is 4. The first-order valence-corrected chi connectivity index (χ1v) is 2.95. The maximum absolute atomic E-state index is 8.96. The van der Waals surface area contributed by atoms with Crippen LogP contribution in [-0.2, 0) is 0 Å². The van der Waals surface area contributed by atoms with E-state index in [1.54, 1.807) is 0 Å². The second-order valence-electron chi connectivity index (χ2n) is 2.10. The van der Waals surface area contributed by atoms with Crippen LogP contribution in [0, 0.1) is 11.3 Å². The van der Waals surface area contributed by atoms with Crippen molar-refractivity contribution in [3.05, 3.63) is 11.6 Å². The van der Waals surface area contributed by atoms with E-state index in [9.17, 15) is 0 Å². The molecule has 5 nitrogen and oxygen atoms in total. The average Bonchev–Trinajstić information content (AvgIpc) is 2.08. The van der Waals surface area contributed by atoms with Crippen molar-refractivity contribution in [3.63, 3.8) is 0 Å². The topological polar surface area (TPSA) is 105 Å². The van der Waals surface area contributed by atoms with Gasteiger partial charge in [0.15, 0.2) is 11.5 Å². The van der Waals surface area contributed by atoms with Gasteiger partial charge in [-0.3, -0.25) is 0 Å². The molecule has 0 saturated carbocycles. The highest BCUT2D eigenvalue weighted by Crippen LogP contribution is 2.43. The number of phenols is 4. The minimum absolute atomic E-state index is 0.303. The largest absolute Gasteiger partial charge is 0.504 e. The SMILES string of the molecule is N#Cc1cc(O)c(O)c(O)c1O. The molecule has 1 aromatic rings. The highest BCUT2D eigenvalue weighted by atomic mass is 16.3. The smallest absolute Gasteiger partial charge is 0.205 e. The van der Waals surface area contributed by atoms with Crippen molar-refractivity contribution < 1.29 is 20.4 Å². The molecule has 0 fully saturated rings. The van der Waals surface area contributed by atoms with Crippen LogP contribution in [0.5, 0.6) is 23.0 Å². The van der Waals surface area contributed by atoms with E-state index >= 15 is 0 Å². The van der Waals surface area contributed by atoms with Crippen LogP contribution in [0.2, 0.25) is 0 Å². The lowest BCUT2D eigenvalue weighted by molar-refractivity contribution is 0.345. The number of nitrogens with zero attached hydrogens (tertiary/aromatic N) is 1. The van der Waals surface area contributed by atoms with E-state index < -0.39 is 23.0 Å². The molecule has 5 heteroatoms. The molecule has 0 atom stereocenters. The number of hydrogen-bond acceptors (Lipinski definition) is 5. The van der Waals surface area contributed by atoms with Gasteiger partial charge in [-0.2, -0.15) is 5.26 Å². The zero-order valence-electron chi connectivity index (χ0n) is 5.81. The lowest BCUT2D eigenvalue weighted by Crippen LogP contribution is -1.79. The zero-order chi connectivity index (χ0) is 9.30. The highest BCUT2D eigenvalue weighted by Gasteiger charge is 2.15. The van der Waals surface area contributed by atoms with E-state index in [0.29, 0.717) is 0 Å². The van der Waals surface area contributed by atoms with Crippen molar-refractivity contribution >= 4 is 0 Å². The summed E-state index contributed by atoms with van der Waals surface area (Å²) in [5.74, 6) is -3.13. The minimum atomic E-state index is -0.897. The molecule has 1 aromatic carbocycles. The first-order valence-electron chi connectivity index (χ1n) is 2.95. The van der Waals surface area contributed by atoms with Crippen molar-refractivity contribution in [1.29, 1.82) is 5.26 Å². The Balaban J connectivity index is 3.52. The molecule has 0 saturated heterocycles. The predicted octanol–water partition coefficient (Wildman–Crippen LogP) is 0.381. The van der Waals surface area contributed by atoms with Crippen molar-refractivity contribution in [2.45, 2.75) is 0 Å². The fraction of sp³-hybridized carbons (Fsp3) is 0. The molecule has 0 aromatic heterocycles. The van der Waals surface area contributed by atoms with Gasteiger partial charge in [0, 0.05) is 6.07 Å². The summed E-state index contributed by atoms with van der Waals surface area (Å²) in [6.07, 6.45) is 0. The molecular formula is C7H5NO4. The first-order chi connectivity index (χ1) is 5.57. The van der Waals surface area contributed by atoms with Gasteiger partial charge in [-0.1, -0.05) is 0 Å². The van der Waals surface area contributed by atoms with Crippen molar-refractivity contribution in [2.24, 2.45) is 0 Å². The highest BCUT2D eigenvalue weighted by molar-refractivity contribution is 5.63. The monoisotopic (exact) mass is 167 g/mol. The molecule has 0 aliphatic rings. The van der Waals surface area contributed by atoms with Gasteiger partial charge in [-0.25, -0.2) is 0 Å². The Hall–Kier alpha value is -2.09. The van der Waals surface area contributed by atoms with Crippen LogP contribution < -0.4 is 0 Å². The molecule has 0 bridgehead atoms. The minimum Gasteiger partial charge on any atom is -0.504 e. The van der Waals surface area contributed by atoms with Crippen LogP contribution in [-0.4, -0.2) is 20.4 Å². The predicted molar refractivity (Wildman–Crippen MR) is 37.8 cm³/mol. The summed E-state index contributed by atoms with van der Waals surface area (Å²) in [4.78, 5) is 0. The third-order valence-electron chi connectivity index (χ3n) is 1.35. The Labute approximate surface area is 67.4 Å². The van der Waals surface area contributed by atoms with Crippen LogP contribution >= 0.6 is 0 Å². The lowest BCUT2D eigenvalue weighted by Gasteiger charge is -2.03. The van der Waals surface area contributed by atoms with E-state index in [1.807, 2.05) is 0 Å². The van der Waals surface area contributed by atoms with Gasteiger partial charge in [-0.15, -0.1) is 0 Å². The number of benzene rings is 1. The van der Waals surface area contributed by atoms with Gasteiger partial charge in [0.2, 0.25) is 11.5 Å². The quantitative estimate of drug-likeness (QED) is 0.330. The summed E-state index contributed by atoms with van der Waals surface area (Å²) in [6, 6.07) is 2.37. The first kappa shape index (κ1) is 8.01. The summed E-state index contributed by atoms with van der Waals surface area (Å²) in [5, 5.41) is 43.9. The van der Waals surface area contributed by atoms with Crippen molar-refractivity contribution in [1.82, 2.24) is 0 Å². The number of phenolic OH excluding ortho intramolecular Hbond substituents is 4. The second-order valence-corrected chi connectivity index (χ2v) is 2.10. The molecule has 0 unspecified atom stereocenters. The van der Waals surface area contributed by atoms with E-state index in [0.717, 1.165) is 6.07 Å². The Morgan fingerprint density at radius 3 is 2.08 bits per heavy atom. The maximum atomic E-state index is 8.96. The van der Waals surface area contributed by atoms with E-state index in [-0.39, 0.29) is 5.56 Å². The van der Waals surface area contributed by atoms with Crippen LogP contribution in [0.1, 0.15) is 5.56 Å². The van der Waals surface area contributed by atoms with Gasteiger partial charge in [0.25, 0.3) is 0 Å². The van der Waals surface area contributed by atoms with E-state index in [2.05, 4.69) is 0 Å². The fourth-order valence-corrected chi connectivity index (χ4v) is 0.720. The van der Waals surface area contributed by atoms with E-state index in [1.165, 1.54) is 6.07 Å². The summed E-state index contributed by atoms with van der Waals surface area (Å²) >= 11 is 0. The lowest BCUT2D eigenvalue weighted by atomic mass is 10.2. The molecule has 0 aliphatic carbocycles. The molecule has 0 heterocycles. The molecule has 0 radical (unpaired) electrons. The van der Waals surface area contributed by atoms with E-state index in [4.69, 9.17) is 25.7 Å². The molecule has 62 valence electrons. The summed E-state index contributed by atoms with van der Waals surface area (Å²) in [5.41, 5.74) is -0.303. The second kappa shape index (κ2) is 2.51. The standard InChI is InChI=1S/C7H5NO4/c8-2-3-1-4(9)6(11)7(12)5(3)10/h1,9-12H. The Kier molecular flexibility index (Phi) is 1.67. The number of hydrogen-bond donors (Lipinski definition) is 4. The van der Waals surface area contributed by atoms with Gasteiger partial charge in [0.05, 0.1) is 0 Å². The van der Waals surface area contributed by atoms with Gasteiger partial charge in [-0.05, 0) is 0 Å². The maximum Gasteiger partial charge on any atom is 0.205 e. The molecule has 12 heavy (non-hydrogen) atoms. The van der Waals surface area contributed by atoms with Crippen LogP contribution in [0.15, 0.2) is 6.07 Å². The third-order valence-corrected chi connectivity index (χ3v) is 1.35. The normalized spacial score (nSPS) is 9.25. The van der Waals surface area contributed by atoms with Crippen LogP contribution in [0.4, 0.5) is 0 Å². The van der Waals surface area contributed by atoms with Crippen molar-refractivity contribution in [2.75, 3.05) is 0 Å². The Morgan fingerprint density at radius 2 is 1.58 bits per heavy atom. The van der Waals surface area contributed by atoms with Gasteiger partial charge in [0.1, 0.15) is 11.6 Å².